The molecule has 0 aromatic heterocycles. The summed E-state index contributed by atoms with van der Waals surface area (Å²) in [5.74, 6) is 0. The van der Waals surface area contributed by atoms with E-state index in [1.54, 1.807) is 0 Å². The Balaban J connectivity index is 3.44. The van der Waals surface area contributed by atoms with Gasteiger partial charge in [0.25, 0.3) is 0 Å². The molecule has 0 aromatic rings. The third-order valence-corrected chi connectivity index (χ3v) is 52.3. The van der Waals surface area contributed by atoms with Crippen molar-refractivity contribution in [1.29, 1.82) is 0 Å². The third kappa shape index (κ3) is 12.5. The molecule has 0 heterocycles. The van der Waals surface area contributed by atoms with Gasteiger partial charge in [-0.25, -0.2) is 0 Å². The molecule has 64 valence electrons. The molecule has 0 saturated carbocycles. The summed E-state index contributed by atoms with van der Waals surface area (Å²) in [6.45, 7) is 0.322. The first-order valence-corrected chi connectivity index (χ1v) is 20.7. The van der Waals surface area contributed by atoms with E-state index in [9.17, 15) is 0 Å². The first-order chi connectivity index (χ1) is 4.71. The van der Waals surface area contributed by atoms with Crippen LogP contribution in [0.2, 0.25) is 20.2 Å². The minimum absolute atomic E-state index is 0.900. The monoisotopic (exact) mass is 456 g/mol. The number of hydrogen-bond donors (Lipinski definition) is 0. The van der Waals surface area contributed by atoms with Crippen LogP contribution in [-0.4, -0.2) is 13.4 Å². The molecule has 0 radical (unpaired) electrons. The molecule has 7 heteroatoms. The molecule has 11 heavy (non-hydrogen) atoms. The van der Waals surface area contributed by atoms with Gasteiger partial charge in [0.2, 0.25) is 0 Å². The van der Waals surface area contributed by atoms with Crippen molar-refractivity contribution in [3.8, 4) is 0 Å². The van der Waals surface area contributed by atoms with Crippen LogP contribution in [0.25, 0.3) is 0 Å². The van der Waals surface area contributed by atoms with Crippen molar-refractivity contribution in [2.75, 3.05) is 0 Å². The van der Waals surface area contributed by atoms with E-state index >= 15 is 0 Å². The molecule has 0 fully saturated rings. The van der Waals surface area contributed by atoms with Gasteiger partial charge in [0.1, 0.15) is 0 Å². The molecule has 0 nitrogen and oxygen atoms in total. The standard InChI is InChI=1S/2C2H5Cl2Si.Hg/c2*1-5(2,3)4;/h2*1H2,2H3;. The summed E-state index contributed by atoms with van der Waals surface area (Å²) in [5.41, 5.74) is 0. The Labute approximate surface area is 101 Å². The van der Waals surface area contributed by atoms with Crippen LogP contribution in [0.1, 0.15) is 0 Å². The van der Waals surface area contributed by atoms with Crippen molar-refractivity contribution in [3.63, 3.8) is 0 Å². The zero-order valence-corrected chi connectivity index (χ0v) is 17.2. The van der Waals surface area contributed by atoms with E-state index in [0.717, 1.165) is 7.11 Å². The van der Waals surface area contributed by atoms with E-state index in [2.05, 4.69) is 0 Å². The van der Waals surface area contributed by atoms with Gasteiger partial charge in [0, 0.05) is 0 Å². The number of halogens is 4. The van der Waals surface area contributed by atoms with Gasteiger partial charge < -0.3 is 0 Å². The number of rotatable bonds is 4. The van der Waals surface area contributed by atoms with Gasteiger partial charge >= 0.3 is 102 Å². The molecule has 0 saturated heterocycles. The molecular formula is C4H10Cl4HgSi2. The molecule has 0 aliphatic heterocycles. The van der Waals surface area contributed by atoms with Crippen LogP contribution in [0.5, 0.6) is 0 Å². The molecule has 0 unspecified atom stereocenters. The Morgan fingerprint density at radius 2 is 1.18 bits per heavy atom. The summed E-state index contributed by atoms with van der Waals surface area (Å²) >= 11 is 22.9. The van der Waals surface area contributed by atoms with Crippen LogP contribution in [0.4, 0.5) is 0 Å². The van der Waals surface area contributed by atoms with Crippen molar-refractivity contribution < 1.29 is 24.6 Å². The molecule has 0 aliphatic rings. The normalized spacial score (nSPS) is 12.9. The summed E-state index contributed by atoms with van der Waals surface area (Å²) in [4.78, 5) is 0. The maximum atomic E-state index is 5.95. The summed E-state index contributed by atoms with van der Waals surface area (Å²) in [5, 5.41) is 0. The maximum absolute atomic E-state index is 5.95. The first kappa shape index (κ1) is 13.5. The second-order valence-corrected chi connectivity index (χ2v) is 33.9. The van der Waals surface area contributed by atoms with Gasteiger partial charge in [-0.2, -0.15) is 0 Å². The van der Waals surface area contributed by atoms with E-state index < -0.39 is 38.0 Å². The van der Waals surface area contributed by atoms with Gasteiger partial charge in [-0.3, -0.25) is 0 Å². The van der Waals surface area contributed by atoms with Crippen molar-refractivity contribution in [2.45, 2.75) is 20.2 Å². The van der Waals surface area contributed by atoms with Gasteiger partial charge in [0.05, 0.1) is 0 Å². The van der Waals surface area contributed by atoms with Gasteiger partial charge in [-0.05, 0) is 0 Å². The van der Waals surface area contributed by atoms with Crippen LogP contribution in [-0.2, 0) is 24.6 Å². The van der Waals surface area contributed by atoms with E-state index in [4.69, 9.17) is 44.3 Å². The summed E-state index contributed by atoms with van der Waals surface area (Å²) < 4.78 is 2.22. The second-order valence-electron chi connectivity index (χ2n) is 2.99. The average Bonchev–Trinajstić information content (AvgIpc) is 1.55. The molecule has 0 bridgehead atoms. The molecule has 0 aromatic carbocycles. The van der Waals surface area contributed by atoms with Crippen molar-refractivity contribution >= 4 is 57.7 Å². The van der Waals surface area contributed by atoms with Gasteiger partial charge in [-0.1, -0.05) is 0 Å². The molecular weight excluding hydrogens is 447 g/mol. The zero-order valence-electron chi connectivity index (χ0n) is 6.63. The SMILES string of the molecule is C[Si](Cl)(Cl)[CH2][Hg][CH2][Si](C)(Cl)Cl. The fourth-order valence-corrected chi connectivity index (χ4v) is 37.4. The van der Waals surface area contributed by atoms with Gasteiger partial charge in [0.15, 0.2) is 0 Å². The average molecular weight is 457 g/mol. The number of hydrogen-bond acceptors (Lipinski definition) is 0. The van der Waals surface area contributed by atoms with E-state index in [0.29, 0.717) is 0 Å². The molecule has 0 atom stereocenters. The van der Waals surface area contributed by atoms with Crippen LogP contribution in [0.15, 0.2) is 0 Å². The third-order valence-electron chi connectivity index (χ3n) is 1.23. The van der Waals surface area contributed by atoms with Crippen LogP contribution in [0, 0.1) is 0 Å². The van der Waals surface area contributed by atoms with E-state index in [1.807, 2.05) is 13.1 Å². The molecule has 0 aliphatic carbocycles. The van der Waals surface area contributed by atoms with Gasteiger partial charge in [-0.15, -0.1) is 0 Å². The fraction of sp³-hybridized carbons (Fsp3) is 1.00. The second kappa shape index (κ2) is 5.42. The Bertz CT molecular complexity index is 104. The molecule has 0 rings (SSSR count). The minimum atomic E-state index is -1.81. The van der Waals surface area contributed by atoms with Crippen molar-refractivity contribution in [1.82, 2.24) is 0 Å². The van der Waals surface area contributed by atoms with E-state index in [1.165, 1.54) is 0 Å². The molecule has 0 N–H and O–H groups in total. The Morgan fingerprint density at radius 3 is 1.36 bits per heavy atom. The van der Waals surface area contributed by atoms with Crippen LogP contribution in [0.3, 0.4) is 0 Å². The van der Waals surface area contributed by atoms with Crippen molar-refractivity contribution in [3.05, 3.63) is 0 Å². The summed E-state index contributed by atoms with van der Waals surface area (Å²) in [6, 6.07) is 0. The zero-order chi connectivity index (χ0) is 9.12. The quantitative estimate of drug-likeness (QED) is 0.442. The van der Waals surface area contributed by atoms with Crippen LogP contribution >= 0.6 is 44.3 Å². The molecule has 0 spiro atoms. The van der Waals surface area contributed by atoms with Crippen molar-refractivity contribution in [2.24, 2.45) is 0 Å². The fourth-order valence-electron chi connectivity index (χ4n) is 0.709. The van der Waals surface area contributed by atoms with E-state index in [-0.39, 0.29) is 0 Å². The Kier molecular flexibility index (Phi) is 6.67. The summed E-state index contributed by atoms with van der Waals surface area (Å²) in [6.07, 6.45) is 0. The Hall–Kier alpha value is 2.53. The first-order valence-electron chi connectivity index (χ1n) is 3.46. The topological polar surface area (TPSA) is 0 Å². The predicted octanol–water partition coefficient (Wildman–Crippen LogP) is 4.08. The Morgan fingerprint density at radius 1 is 0.909 bits per heavy atom. The van der Waals surface area contributed by atoms with Crippen LogP contribution < -0.4 is 0 Å². The summed E-state index contributed by atoms with van der Waals surface area (Å²) in [7, 11) is 0. The predicted molar refractivity (Wildman–Crippen MR) is 56.3 cm³/mol. The molecule has 0 amide bonds.